The van der Waals surface area contributed by atoms with Gasteiger partial charge in [0.2, 0.25) is 5.88 Å². The Morgan fingerprint density at radius 2 is 0.784 bits per heavy atom. The first kappa shape index (κ1) is 65.2. The van der Waals surface area contributed by atoms with Crippen LogP contribution in [0.5, 0.6) is 51.9 Å². The lowest BCUT2D eigenvalue weighted by Gasteiger charge is -2.28. The number of carbonyl (C=O) groups is 4. The second-order valence-electron chi connectivity index (χ2n) is 22.4. The fourth-order valence-corrected chi connectivity index (χ4v) is 10.7. The molecule has 0 atom stereocenters. The van der Waals surface area contributed by atoms with Gasteiger partial charge in [0.25, 0.3) is 0 Å². The van der Waals surface area contributed by atoms with Gasteiger partial charge >= 0.3 is 23.9 Å². The molecule has 2 fully saturated rings. The van der Waals surface area contributed by atoms with Crippen LogP contribution >= 0.6 is 0 Å². The molecule has 8 rings (SSSR count). The number of unbranched alkanes of at least 4 members (excludes halogenated alkanes) is 9. The lowest BCUT2D eigenvalue weighted by molar-refractivity contribution is -0.145. The molecule has 5 aromatic carbocycles. The molecule has 1 aromatic heterocycles. The Labute approximate surface area is 516 Å². The zero-order valence-corrected chi connectivity index (χ0v) is 50.6. The molecule has 2 saturated carbocycles. The number of esters is 4. The molecule has 88 heavy (non-hydrogen) atoms. The fraction of sp³-hybridized carbons (Fsp3) is 0.423. The summed E-state index contributed by atoms with van der Waals surface area (Å²) >= 11 is 0. The van der Waals surface area contributed by atoms with Crippen LogP contribution in [0.25, 0.3) is 21.7 Å². The average molecular weight is 1200 g/mol. The van der Waals surface area contributed by atoms with E-state index in [9.17, 15) is 19.2 Å². The van der Waals surface area contributed by atoms with Crippen LogP contribution in [0.1, 0.15) is 135 Å². The monoisotopic (exact) mass is 1200 g/mol. The molecule has 466 valence electrons. The van der Waals surface area contributed by atoms with E-state index >= 15 is 0 Å². The van der Waals surface area contributed by atoms with Crippen LogP contribution in [-0.2, 0) is 28.7 Å². The highest BCUT2D eigenvalue weighted by atomic mass is 16.6. The molecule has 0 aliphatic heterocycles. The minimum atomic E-state index is -0.408. The van der Waals surface area contributed by atoms with Crippen LogP contribution in [0.3, 0.4) is 0 Å². The minimum Gasteiger partial charge on any atom is -0.494 e. The van der Waals surface area contributed by atoms with Crippen LogP contribution in [0.15, 0.2) is 135 Å². The van der Waals surface area contributed by atoms with E-state index in [1.165, 1.54) is 12.5 Å². The summed E-state index contributed by atoms with van der Waals surface area (Å²) < 4.78 is 58.4. The average Bonchev–Trinajstić information content (AvgIpc) is 1.51. The van der Waals surface area contributed by atoms with E-state index in [2.05, 4.69) is 20.1 Å². The van der Waals surface area contributed by atoms with Gasteiger partial charge < -0.3 is 47.4 Å². The Balaban J connectivity index is 0.832. The van der Waals surface area contributed by atoms with Crippen molar-refractivity contribution in [3.05, 3.63) is 135 Å². The second-order valence-corrected chi connectivity index (χ2v) is 22.4. The third kappa shape index (κ3) is 20.4. The summed E-state index contributed by atoms with van der Waals surface area (Å²) in [5.74, 6) is 2.62. The first-order chi connectivity index (χ1) is 42.9. The number of carbonyl (C=O) groups excluding carboxylic acids is 4. The lowest BCUT2D eigenvalue weighted by Crippen LogP contribution is -2.30. The summed E-state index contributed by atoms with van der Waals surface area (Å²) in [6, 6.07) is 32.7. The van der Waals surface area contributed by atoms with E-state index < -0.39 is 17.9 Å². The highest BCUT2D eigenvalue weighted by Gasteiger charge is 2.33. The summed E-state index contributed by atoms with van der Waals surface area (Å²) in [5.41, 5.74) is 0.545. The Morgan fingerprint density at radius 1 is 0.420 bits per heavy atom. The molecule has 0 spiro atoms. The van der Waals surface area contributed by atoms with Crippen molar-refractivity contribution in [3.63, 3.8) is 0 Å². The summed E-state index contributed by atoms with van der Waals surface area (Å²) in [6.07, 6.45) is 18.4. The predicted molar refractivity (Wildman–Crippen MR) is 337 cm³/mol. The standard InChI is InChI=1S/C71H83N3O14/c1-4-7-8-13-42-79-54-28-34-57(35-29-54)86-69-63-47-59(85-68(73)50-20-18-49(19-21-50)67(72)84-56-32-26-53(27-33-56)80-43-14-9-11-16-45-82-65(75)5-2)38-40-61(63)62-41-39-60(48-64(62)74-69)88-71(78)52-24-22-51(23-25-52)70(77)87-58-36-30-55(31-37-58)81-44-15-10-12-17-46-83-66(76)6-3/h5-6,26-41,47-52,72-73H,2-4,7-25,42-46H2,1H3. The molecular formula is C71H83N3O14. The van der Waals surface area contributed by atoms with Crippen molar-refractivity contribution in [3.8, 4) is 51.9 Å². The van der Waals surface area contributed by atoms with Crippen LogP contribution < -0.4 is 37.9 Å². The summed E-state index contributed by atoms with van der Waals surface area (Å²) in [7, 11) is 0. The summed E-state index contributed by atoms with van der Waals surface area (Å²) in [4.78, 5) is 54.3. The van der Waals surface area contributed by atoms with Gasteiger partial charge in [-0.15, -0.1) is 0 Å². The lowest BCUT2D eigenvalue weighted by atomic mass is 9.81. The summed E-state index contributed by atoms with van der Waals surface area (Å²) in [5, 5.41) is 20.1. The Hall–Kier alpha value is -8.73. The van der Waals surface area contributed by atoms with Gasteiger partial charge in [0.1, 0.15) is 46.0 Å². The number of nitrogens with zero attached hydrogens (tertiary/aromatic N) is 1. The normalized spacial score (nSPS) is 16.3. The van der Waals surface area contributed by atoms with Crippen molar-refractivity contribution in [2.45, 2.75) is 135 Å². The van der Waals surface area contributed by atoms with E-state index in [4.69, 9.17) is 63.2 Å². The SMILES string of the molecule is C=CC(=O)OCCCCCCOc1ccc(OC(=N)C2CCC(C(=N)Oc3ccc4c(c3)c(Oc3ccc(OCCCCCC)cc3)nc3cc(OC(=O)C5CCC(C(=O)Oc6ccc(OCCCCCCOC(=O)C=C)cc6)CC5)ccc34)CC2)cc1. The number of benzene rings is 5. The van der Waals surface area contributed by atoms with Crippen LogP contribution in [0, 0.1) is 34.5 Å². The van der Waals surface area contributed by atoms with Gasteiger partial charge in [-0.2, -0.15) is 0 Å². The van der Waals surface area contributed by atoms with E-state index in [0.717, 1.165) is 99.0 Å². The molecule has 2 aliphatic carbocycles. The molecule has 0 saturated heterocycles. The van der Waals surface area contributed by atoms with Crippen LogP contribution in [-0.4, -0.2) is 73.7 Å². The zero-order chi connectivity index (χ0) is 61.9. The first-order valence-electron chi connectivity index (χ1n) is 31.2. The number of ether oxygens (including phenoxy) is 10. The Kier molecular flexibility index (Phi) is 25.6. The molecule has 6 aromatic rings. The molecular weight excluding hydrogens is 1120 g/mol. The molecule has 0 radical (unpaired) electrons. The smallest absolute Gasteiger partial charge is 0.330 e. The van der Waals surface area contributed by atoms with E-state index in [0.29, 0.717) is 136 Å². The third-order valence-electron chi connectivity index (χ3n) is 15.8. The number of hydrogen-bond donors (Lipinski definition) is 2. The molecule has 17 heteroatoms. The van der Waals surface area contributed by atoms with E-state index in [1.807, 2.05) is 72.8 Å². The van der Waals surface area contributed by atoms with Crippen LogP contribution in [0.2, 0.25) is 0 Å². The van der Waals surface area contributed by atoms with Crippen molar-refractivity contribution >= 4 is 57.3 Å². The summed E-state index contributed by atoms with van der Waals surface area (Å²) in [6.45, 7) is 11.5. The molecule has 0 unspecified atom stereocenters. The second kappa shape index (κ2) is 34.6. The van der Waals surface area contributed by atoms with Gasteiger partial charge in [-0.25, -0.2) is 14.6 Å². The highest BCUT2D eigenvalue weighted by Crippen LogP contribution is 2.39. The fourth-order valence-electron chi connectivity index (χ4n) is 10.7. The number of pyridine rings is 1. The predicted octanol–water partition coefficient (Wildman–Crippen LogP) is 16.0. The maximum atomic E-state index is 13.7. The minimum absolute atomic E-state index is 0.0874. The van der Waals surface area contributed by atoms with Gasteiger partial charge in [0.05, 0.1) is 50.4 Å². The van der Waals surface area contributed by atoms with Gasteiger partial charge in [-0.05, 0) is 218 Å². The van der Waals surface area contributed by atoms with Crippen molar-refractivity contribution in [1.82, 2.24) is 4.98 Å². The van der Waals surface area contributed by atoms with E-state index in [-0.39, 0.29) is 41.5 Å². The first-order valence-corrected chi connectivity index (χ1v) is 31.2. The molecule has 2 N–H and O–H groups in total. The highest BCUT2D eigenvalue weighted by molar-refractivity contribution is 6.09. The van der Waals surface area contributed by atoms with Crippen LogP contribution in [0.4, 0.5) is 0 Å². The van der Waals surface area contributed by atoms with E-state index in [1.54, 1.807) is 36.4 Å². The number of aromatic nitrogens is 1. The van der Waals surface area contributed by atoms with Crippen molar-refractivity contribution < 1.29 is 66.5 Å². The number of rotatable bonds is 34. The van der Waals surface area contributed by atoms with Gasteiger partial charge in [-0.1, -0.05) is 39.3 Å². The molecule has 0 amide bonds. The topological polar surface area (TPSA) is 221 Å². The quantitative estimate of drug-likeness (QED) is 0.00729. The van der Waals surface area contributed by atoms with Gasteiger partial charge in [-0.3, -0.25) is 20.4 Å². The van der Waals surface area contributed by atoms with Crippen molar-refractivity contribution in [2.75, 3.05) is 33.0 Å². The molecule has 17 nitrogen and oxygen atoms in total. The maximum Gasteiger partial charge on any atom is 0.330 e. The number of hydrogen-bond acceptors (Lipinski definition) is 17. The van der Waals surface area contributed by atoms with Gasteiger partial charge in [0, 0.05) is 40.8 Å². The number of nitrogens with one attached hydrogen (secondary N) is 2. The molecule has 2 aliphatic rings. The zero-order valence-electron chi connectivity index (χ0n) is 50.6. The molecule has 0 bridgehead atoms. The van der Waals surface area contributed by atoms with Crippen molar-refractivity contribution in [1.29, 1.82) is 10.8 Å². The van der Waals surface area contributed by atoms with Gasteiger partial charge in [0.15, 0.2) is 11.8 Å². The largest absolute Gasteiger partial charge is 0.494 e. The molecule has 1 heterocycles. The van der Waals surface area contributed by atoms with Crippen molar-refractivity contribution in [2.24, 2.45) is 23.7 Å². The number of fused-ring (bicyclic) bond motifs is 3. The Morgan fingerprint density at radius 3 is 1.25 bits per heavy atom. The maximum absolute atomic E-state index is 13.7. The Bertz CT molecular complexity index is 3280. The third-order valence-corrected chi connectivity index (χ3v) is 15.8.